The van der Waals surface area contributed by atoms with Crippen LogP contribution < -0.4 is 5.56 Å². The third-order valence-electron chi connectivity index (χ3n) is 5.51. The van der Waals surface area contributed by atoms with Gasteiger partial charge in [-0.15, -0.1) is 0 Å². The van der Waals surface area contributed by atoms with E-state index < -0.39 is 0 Å². The Hall–Kier alpha value is -4.13. The first kappa shape index (κ1) is 21.4. The molecule has 0 aliphatic rings. The van der Waals surface area contributed by atoms with E-state index >= 15 is 0 Å². The highest BCUT2D eigenvalue weighted by Crippen LogP contribution is 2.29. The minimum absolute atomic E-state index is 0.266. The maximum absolute atomic E-state index is 13.4. The molecule has 6 rings (SSSR count). The lowest BCUT2D eigenvalue weighted by Crippen LogP contribution is -2.20. The third kappa shape index (κ3) is 4.03. The molecule has 0 aliphatic carbocycles. The van der Waals surface area contributed by atoms with Crippen LogP contribution in [-0.4, -0.2) is 15.9 Å². The van der Waals surface area contributed by atoms with Gasteiger partial charge >= 0.3 is 0 Å². The van der Waals surface area contributed by atoms with Crippen LogP contribution >= 0.6 is 23.2 Å². The first-order valence-corrected chi connectivity index (χ1v) is 11.4. The Morgan fingerprint density at radius 3 is 2.49 bits per heavy atom. The number of nitrogens with zero attached hydrogens (tertiary/aromatic N) is 3. The van der Waals surface area contributed by atoms with Crippen molar-refractivity contribution in [1.29, 1.82) is 0 Å². The molecule has 0 amide bonds. The van der Waals surface area contributed by atoms with Crippen molar-refractivity contribution in [2.24, 2.45) is 5.10 Å². The van der Waals surface area contributed by atoms with E-state index in [2.05, 4.69) is 10.1 Å². The van der Waals surface area contributed by atoms with E-state index in [9.17, 15) is 4.79 Å². The fraction of sp³-hybridized carbons (Fsp3) is 0. The van der Waals surface area contributed by atoms with Gasteiger partial charge in [-0.2, -0.15) is 9.78 Å². The van der Waals surface area contributed by atoms with Crippen molar-refractivity contribution in [2.45, 2.75) is 0 Å². The van der Waals surface area contributed by atoms with Crippen LogP contribution in [0.3, 0.4) is 0 Å². The Bertz CT molecular complexity index is 1800. The van der Waals surface area contributed by atoms with Crippen LogP contribution in [0.5, 0.6) is 0 Å². The first-order chi connectivity index (χ1) is 17.0. The minimum Gasteiger partial charge on any atom is -0.455 e. The summed E-state index contributed by atoms with van der Waals surface area (Å²) in [5.41, 5.74) is 1.71. The Labute approximate surface area is 208 Å². The van der Waals surface area contributed by atoms with Gasteiger partial charge in [0.2, 0.25) is 5.82 Å². The van der Waals surface area contributed by atoms with E-state index in [0.29, 0.717) is 43.8 Å². The molecular formula is C27H15Cl2N3O3. The lowest BCUT2D eigenvalue weighted by Gasteiger charge is -2.06. The molecule has 0 spiro atoms. The highest BCUT2D eigenvalue weighted by atomic mass is 35.5. The van der Waals surface area contributed by atoms with Gasteiger partial charge in [-0.3, -0.25) is 4.79 Å². The predicted molar refractivity (Wildman–Crippen MR) is 138 cm³/mol. The molecular weight excluding hydrogens is 485 g/mol. The lowest BCUT2D eigenvalue weighted by molar-refractivity contribution is 0.573. The molecule has 35 heavy (non-hydrogen) atoms. The van der Waals surface area contributed by atoms with Crippen molar-refractivity contribution in [3.63, 3.8) is 0 Å². The van der Waals surface area contributed by atoms with Crippen LogP contribution in [-0.2, 0) is 0 Å². The second kappa shape index (κ2) is 8.58. The summed E-state index contributed by atoms with van der Waals surface area (Å²) in [6.45, 7) is 0. The largest absolute Gasteiger partial charge is 0.455 e. The fourth-order valence-electron chi connectivity index (χ4n) is 3.82. The standard InChI is InChI=1S/C27H15Cl2N3O3/c28-18-7-5-16(6-8-18)23-12-10-20(34-23)15-30-32-26(31-22-4-2-1-3-21(22)27(32)33)25-14-17-13-19(29)9-11-24(17)35-25/h1-15H. The molecule has 0 radical (unpaired) electrons. The van der Waals surface area contributed by atoms with Crippen LogP contribution in [0.25, 0.3) is 44.8 Å². The summed E-state index contributed by atoms with van der Waals surface area (Å²) < 4.78 is 13.1. The minimum atomic E-state index is -0.329. The maximum Gasteiger partial charge on any atom is 0.282 e. The molecule has 0 saturated heterocycles. The average molecular weight is 500 g/mol. The molecule has 0 N–H and O–H groups in total. The summed E-state index contributed by atoms with van der Waals surface area (Å²) in [5.74, 6) is 1.78. The molecule has 0 bridgehead atoms. The topological polar surface area (TPSA) is 73.5 Å². The molecule has 3 heterocycles. The zero-order valence-electron chi connectivity index (χ0n) is 18.0. The number of fused-ring (bicyclic) bond motifs is 2. The number of hydrogen-bond donors (Lipinski definition) is 0. The van der Waals surface area contributed by atoms with E-state index in [1.54, 1.807) is 60.7 Å². The molecule has 0 atom stereocenters. The Kier molecular flexibility index (Phi) is 5.25. The molecule has 0 fully saturated rings. The molecule has 6 nitrogen and oxygen atoms in total. The van der Waals surface area contributed by atoms with Crippen LogP contribution in [0.4, 0.5) is 0 Å². The summed E-state index contributed by atoms with van der Waals surface area (Å²) >= 11 is 12.1. The second-order valence-electron chi connectivity index (χ2n) is 7.82. The average Bonchev–Trinajstić information content (AvgIpc) is 3.51. The number of hydrogen-bond acceptors (Lipinski definition) is 5. The molecule has 6 aromatic rings. The van der Waals surface area contributed by atoms with E-state index in [1.165, 1.54) is 10.9 Å². The Balaban J connectivity index is 1.46. The zero-order chi connectivity index (χ0) is 23.9. The lowest BCUT2D eigenvalue weighted by atomic mass is 10.2. The van der Waals surface area contributed by atoms with Crippen LogP contribution in [0.1, 0.15) is 5.76 Å². The van der Waals surface area contributed by atoms with Crippen molar-refractivity contribution in [3.8, 4) is 22.9 Å². The highest BCUT2D eigenvalue weighted by molar-refractivity contribution is 6.31. The van der Waals surface area contributed by atoms with Gasteiger partial charge in [0.1, 0.15) is 17.1 Å². The predicted octanol–water partition coefficient (Wildman–Crippen LogP) is 7.26. The monoisotopic (exact) mass is 499 g/mol. The van der Waals surface area contributed by atoms with E-state index in [0.717, 1.165) is 10.9 Å². The molecule has 0 unspecified atom stereocenters. The van der Waals surface area contributed by atoms with Gasteiger partial charge in [-0.05, 0) is 72.8 Å². The van der Waals surface area contributed by atoms with Gasteiger partial charge in [-0.1, -0.05) is 35.3 Å². The molecule has 8 heteroatoms. The normalized spacial score (nSPS) is 11.7. The Morgan fingerprint density at radius 2 is 1.63 bits per heavy atom. The summed E-state index contributed by atoms with van der Waals surface area (Å²) in [5, 5.41) is 6.89. The van der Waals surface area contributed by atoms with Crippen LogP contribution in [0, 0.1) is 0 Å². The van der Waals surface area contributed by atoms with Crippen molar-refractivity contribution in [1.82, 2.24) is 9.66 Å². The number of halogens is 2. The van der Waals surface area contributed by atoms with Crippen molar-refractivity contribution < 1.29 is 8.83 Å². The van der Waals surface area contributed by atoms with Gasteiger partial charge in [0.25, 0.3) is 5.56 Å². The maximum atomic E-state index is 13.4. The number of para-hydroxylation sites is 1. The summed E-state index contributed by atoms with van der Waals surface area (Å²) in [4.78, 5) is 18.1. The molecule has 170 valence electrons. The summed E-state index contributed by atoms with van der Waals surface area (Å²) in [6, 6.07) is 25.1. The highest BCUT2D eigenvalue weighted by Gasteiger charge is 2.17. The SMILES string of the molecule is O=c1c2ccccc2nc(-c2cc3cc(Cl)ccc3o2)n1N=Cc1ccc(-c2ccc(Cl)cc2)o1. The van der Waals surface area contributed by atoms with Gasteiger partial charge in [0.05, 0.1) is 17.1 Å². The first-order valence-electron chi connectivity index (χ1n) is 10.7. The van der Waals surface area contributed by atoms with E-state index in [1.807, 2.05) is 24.3 Å². The van der Waals surface area contributed by atoms with E-state index in [4.69, 9.17) is 32.0 Å². The molecule has 0 saturated carbocycles. The van der Waals surface area contributed by atoms with Gasteiger partial charge in [0, 0.05) is 21.0 Å². The summed E-state index contributed by atoms with van der Waals surface area (Å²) in [7, 11) is 0. The van der Waals surface area contributed by atoms with Crippen LogP contribution in [0.2, 0.25) is 10.0 Å². The van der Waals surface area contributed by atoms with Crippen molar-refractivity contribution in [3.05, 3.63) is 111 Å². The summed E-state index contributed by atoms with van der Waals surface area (Å²) in [6.07, 6.45) is 1.47. The molecule has 0 aliphatic heterocycles. The second-order valence-corrected chi connectivity index (χ2v) is 8.69. The van der Waals surface area contributed by atoms with Crippen LogP contribution in [0.15, 0.2) is 104 Å². The zero-order valence-corrected chi connectivity index (χ0v) is 19.5. The number of rotatable bonds is 4. The van der Waals surface area contributed by atoms with Crippen molar-refractivity contribution in [2.75, 3.05) is 0 Å². The quantitative estimate of drug-likeness (QED) is 0.239. The van der Waals surface area contributed by atoms with E-state index in [-0.39, 0.29) is 11.4 Å². The molecule has 3 aromatic heterocycles. The number of aromatic nitrogens is 2. The van der Waals surface area contributed by atoms with Gasteiger partial charge in [-0.25, -0.2) is 4.98 Å². The third-order valence-corrected chi connectivity index (χ3v) is 6.00. The smallest absolute Gasteiger partial charge is 0.282 e. The van der Waals surface area contributed by atoms with Crippen molar-refractivity contribution >= 4 is 51.3 Å². The van der Waals surface area contributed by atoms with Gasteiger partial charge in [0.15, 0.2) is 5.76 Å². The number of furan rings is 2. The fourth-order valence-corrected chi connectivity index (χ4v) is 4.13. The molecule has 3 aromatic carbocycles. The number of benzene rings is 3. The van der Waals surface area contributed by atoms with Gasteiger partial charge < -0.3 is 8.83 Å². The Morgan fingerprint density at radius 1 is 0.829 bits per heavy atom.